The average Bonchev–Trinajstić information content (AvgIpc) is 2.86. The SMILES string of the molecule is COc1ccc(C(C)c2cccnc2N(Cc2ccccc2)C(=N)N)cc1.O=C(O)/C=C\C(=O)O. The number of hydrogen-bond acceptors (Lipinski definition) is 5. The maximum absolute atomic E-state index is 9.55. The van der Waals surface area contributed by atoms with E-state index in [2.05, 4.69) is 24.0 Å². The summed E-state index contributed by atoms with van der Waals surface area (Å²) in [6.45, 7) is 2.62. The number of anilines is 1. The first kappa shape index (κ1) is 26.6. The lowest BCUT2D eigenvalue weighted by Gasteiger charge is -2.26. The molecule has 0 bridgehead atoms. The molecule has 0 aliphatic carbocycles. The van der Waals surface area contributed by atoms with E-state index in [4.69, 9.17) is 26.1 Å². The third-order valence-corrected chi connectivity index (χ3v) is 5.00. The fourth-order valence-electron chi connectivity index (χ4n) is 3.23. The Labute approximate surface area is 203 Å². The molecular weight excluding hydrogens is 448 g/mol. The van der Waals surface area contributed by atoms with Crippen molar-refractivity contribution in [1.82, 2.24) is 4.98 Å². The van der Waals surface area contributed by atoms with E-state index in [0.717, 1.165) is 22.4 Å². The number of hydrogen-bond donors (Lipinski definition) is 4. The van der Waals surface area contributed by atoms with E-state index in [-0.39, 0.29) is 11.9 Å². The summed E-state index contributed by atoms with van der Waals surface area (Å²) in [7, 11) is 1.66. The molecule has 3 aromatic rings. The number of methoxy groups -OCH3 is 1. The van der Waals surface area contributed by atoms with E-state index in [1.807, 2.05) is 54.6 Å². The number of pyridine rings is 1. The summed E-state index contributed by atoms with van der Waals surface area (Å²) in [6.07, 6.45) is 2.85. The number of rotatable bonds is 8. The van der Waals surface area contributed by atoms with Crippen LogP contribution in [0.15, 0.2) is 85.1 Å². The zero-order valence-electron chi connectivity index (χ0n) is 19.5. The van der Waals surface area contributed by atoms with Crippen LogP contribution < -0.4 is 15.4 Å². The maximum Gasteiger partial charge on any atom is 0.328 e. The van der Waals surface area contributed by atoms with E-state index < -0.39 is 11.9 Å². The number of ether oxygens (including phenoxy) is 1. The molecule has 1 heterocycles. The van der Waals surface area contributed by atoms with Gasteiger partial charge in [-0.15, -0.1) is 0 Å². The fourth-order valence-corrected chi connectivity index (χ4v) is 3.23. The minimum absolute atomic E-state index is 0.0271. The van der Waals surface area contributed by atoms with E-state index in [9.17, 15) is 9.59 Å². The Morgan fingerprint density at radius 2 is 1.63 bits per heavy atom. The minimum atomic E-state index is -1.26. The quantitative estimate of drug-likeness (QED) is 0.217. The Bertz CT molecular complexity index is 1150. The number of carboxylic acids is 2. The number of guanidine groups is 1. The van der Waals surface area contributed by atoms with Gasteiger partial charge in [0.05, 0.1) is 13.7 Å². The molecule has 0 amide bonds. The van der Waals surface area contributed by atoms with Crippen LogP contribution in [0.25, 0.3) is 0 Å². The van der Waals surface area contributed by atoms with Crippen molar-refractivity contribution < 1.29 is 24.5 Å². The molecule has 0 saturated heterocycles. The van der Waals surface area contributed by atoms with Crippen molar-refractivity contribution in [3.05, 3.63) is 102 Å². The Kier molecular flexibility index (Phi) is 9.99. The number of benzene rings is 2. The van der Waals surface area contributed by atoms with E-state index in [1.165, 1.54) is 0 Å². The van der Waals surface area contributed by atoms with Gasteiger partial charge in [0.15, 0.2) is 5.96 Å². The molecule has 0 aliphatic heterocycles. The fraction of sp³-hybridized carbons (Fsp3) is 0.154. The predicted molar refractivity (Wildman–Crippen MR) is 134 cm³/mol. The van der Waals surface area contributed by atoms with Crippen molar-refractivity contribution in [1.29, 1.82) is 5.41 Å². The van der Waals surface area contributed by atoms with Crippen LogP contribution >= 0.6 is 0 Å². The highest BCUT2D eigenvalue weighted by atomic mass is 16.5. The molecule has 182 valence electrons. The Hall–Kier alpha value is -4.66. The van der Waals surface area contributed by atoms with Gasteiger partial charge in [0.25, 0.3) is 0 Å². The molecular formula is C26H28N4O5. The molecule has 0 aliphatic rings. The maximum atomic E-state index is 9.55. The number of nitrogens with zero attached hydrogens (tertiary/aromatic N) is 2. The topological polar surface area (TPSA) is 150 Å². The summed E-state index contributed by atoms with van der Waals surface area (Å²) >= 11 is 0. The molecule has 9 nitrogen and oxygen atoms in total. The summed E-state index contributed by atoms with van der Waals surface area (Å²) in [5.74, 6) is -0.915. The normalized spacial score (nSPS) is 11.1. The van der Waals surface area contributed by atoms with E-state index in [0.29, 0.717) is 24.5 Å². The minimum Gasteiger partial charge on any atom is -0.497 e. The molecule has 1 unspecified atom stereocenters. The molecule has 9 heteroatoms. The van der Waals surface area contributed by atoms with Crippen LogP contribution in [-0.4, -0.2) is 40.2 Å². The predicted octanol–water partition coefficient (Wildman–Crippen LogP) is 3.85. The summed E-state index contributed by atoms with van der Waals surface area (Å²) in [6, 6.07) is 21.9. The molecule has 1 aromatic heterocycles. The molecule has 0 saturated carbocycles. The van der Waals surface area contributed by atoms with Crippen LogP contribution in [0.1, 0.15) is 29.5 Å². The van der Waals surface area contributed by atoms with Gasteiger partial charge in [0.1, 0.15) is 11.6 Å². The first-order valence-corrected chi connectivity index (χ1v) is 10.6. The highest BCUT2D eigenvalue weighted by Crippen LogP contribution is 2.32. The summed E-state index contributed by atoms with van der Waals surface area (Å²) < 4.78 is 5.25. The summed E-state index contributed by atoms with van der Waals surface area (Å²) in [4.78, 5) is 25.4. The second-order valence-corrected chi connectivity index (χ2v) is 7.38. The van der Waals surface area contributed by atoms with E-state index >= 15 is 0 Å². The van der Waals surface area contributed by atoms with Gasteiger partial charge in [-0.2, -0.15) is 0 Å². The number of nitrogens with two attached hydrogens (primary N) is 1. The van der Waals surface area contributed by atoms with Crippen LogP contribution in [-0.2, 0) is 16.1 Å². The lowest BCUT2D eigenvalue weighted by molar-refractivity contribution is -0.134. The van der Waals surface area contributed by atoms with Crippen molar-refractivity contribution in [2.45, 2.75) is 19.4 Å². The van der Waals surface area contributed by atoms with Gasteiger partial charge < -0.3 is 20.7 Å². The van der Waals surface area contributed by atoms with Crippen LogP contribution in [0.3, 0.4) is 0 Å². The van der Waals surface area contributed by atoms with Crippen molar-refractivity contribution in [2.75, 3.05) is 12.0 Å². The molecule has 5 N–H and O–H groups in total. The number of carboxylic acid groups (broad SMARTS) is 2. The molecule has 0 fully saturated rings. The largest absolute Gasteiger partial charge is 0.497 e. The average molecular weight is 477 g/mol. The van der Waals surface area contributed by atoms with Gasteiger partial charge in [-0.25, -0.2) is 14.6 Å². The first-order chi connectivity index (χ1) is 16.7. The third kappa shape index (κ3) is 8.32. The molecule has 0 radical (unpaired) electrons. The number of aliphatic carboxylic acids is 2. The Morgan fingerprint density at radius 1 is 1.03 bits per heavy atom. The van der Waals surface area contributed by atoms with Crippen LogP contribution in [0.4, 0.5) is 5.82 Å². The lowest BCUT2D eigenvalue weighted by Crippen LogP contribution is -2.37. The smallest absolute Gasteiger partial charge is 0.328 e. The van der Waals surface area contributed by atoms with Gasteiger partial charge >= 0.3 is 11.9 Å². The lowest BCUT2D eigenvalue weighted by atomic mass is 9.93. The van der Waals surface area contributed by atoms with Gasteiger partial charge in [-0.1, -0.05) is 55.5 Å². The monoisotopic (exact) mass is 476 g/mol. The van der Waals surface area contributed by atoms with Crippen LogP contribution in [0.2, 0.25) is 0 Å². The van der Waals surface area contributed by atoms with E-state index in [1.54, 1.807) is 18.2 Å². The first-order valence-electron chi connectivity index (χ1n) is 10.6. The van der Waals surface area contributed by atoms with Crippen molar-refractivity contribution in [3.8, 4) is 5.75 Å². The highest BCUT2D eigenvalue weighted by Gasteiger charge is 2.20. The van der Waals surface area contributed by atoms with Crippen molar-refractivity contribution >= 4 is 23.7 Å². The van der Waals surface area contributed by atoms with Crippen LogP contribution in [0, 0.1) is 5.41 Å². The van der Waals surface area contributed by atoms with Gasteiger partial charge in [-0.05, 0) is 29.3 Å². The number of carbonyl (C=O) groups is 2. The van der Waals surface area contributed by atoms with Gasteiger partial charge in [-0.3, -0.25) is 10.3 Å². The molecule has 3 rings (SSSR count). The number of aromatic nitrogens is 1. The standard InChI is InChI=1S/C22H24N4O.C4H4O4/c1-16(18-10-12-19(27-2)13-11-18)20-9-6-14-25-21(20)26(22(23)24)15-17-7-4-3-5-8-17;5-3(6)1-2-4(7)8/h3-14,16H,15H2,1-2H3,(H3,23,24);1-2H,(H,5,6)(H,7,8)/b;2-1-. The summed E-state index contributed by atoms with van der Waals surface area (Å²) in [5, 5.41) is 23.7. The summed E-state index contributed by atoms with van der Waals surface area (Å²) in [5.41, 5.74) is 9.15. The van der Waals surface area contributed by atoms with Crippen molar-refractivity contribution in [3.63, 3.8) is 0 Å². The highest BCUT2D eigenvalue weighted by molar-refractivity contribution is 5.92. The Morgan fingerprint density at radius 3 is 2.14 bits per heavy atom. The molecule has 35 heavy (non-hydrogen) atoms. The van der Waals surface area contributed by atoms with Gasteiger partial charge in [0.2, 0.25) is 0 Å². The van der Waals surface area contributed by atoms with Crippen molar-refractivity contribution in [2.24, 2.45) is 5.73 Å². The zero-order chi connectivity index (χ0) is 25.8. The second kappa shape index (κ2) is 13.1. The number of nitrogens with one attached hydrogen (secondary N) is 1. The van der Waals surface area contributed by atoms with Gasteiger partial charge in [0, 0.05) is 29.8 Å². The van der Waals surface area contributed by atoms with Crippen LogP contribution in [0.5, 0.6) is 5.75 Å². The third-order valence-electron chi connectivity index (χ3n) is 5.00. The Balaban J connectivity index is 0.000000466. The zero-order valence-corrected chi connectivity index (χ0v) is 19.5. The molecule has 0 spiro atoms. The second-order valence-electron chi connectivity index (χ2n) is 7.38. The molecule has 2 aromatic carbocycles. The molecule has 1 atom stereocenters.